The molecule has 9 heteroatoms. The molecule has 3 heterocycles. The van der Waals surface area contributed by atoms with E-state index in [1.807, 2.05) is 16.8 Å². The Morgan fingerprint density at radius 1 is 1.27 bits per heavy atom. The molecule has 0 bridgehead atoms. The molecule has 114 valence electrons. The fraction of sp³-hybridized carbons (Fsp3) is 0.308. The number of carbonyl (C=O) groups excluding carboxylic acids is 3. The van der Waals surface area contributed by atoms with Gasteiger partial charge in [-0.05, 0) is 25.3 Å². The molecule has 0 saturated carbocycles. The van der Waals surface area contributed by atoms with E-state index in [4.69, 9.17) is 4.52 Å². The van der Waals surface area contributed by atoms with Gasteiger partial charge in [0.2, 0.25) is 11.7 Å². The van der Waals surface area contributed by atoms with Crippen molar-refractivity contribution < 1.29 is 18.9 Å². The number of hydrogen-bond acceptors (Lipinski definition) is 7. The molecule has 0 N–H and O–H groups in total. The maximum absolute atomic E-state index is 12.1. The van der Waals surface area contributed by atoms with Crippen molar-refractivity contribution in [2.75, 3.05) is 0 Å². The molecule has 2 aromatic rings. The van der Waals surface area contributed by atoms with Crippen molar-refractivity contribution in [3.63, 3.8) is 0 Å². The fourth-order valence-electron chi connectivity index (χ4n) is 2.08. The fourth-order valence-corrected chi connectivity index (χ4v) is 2.71. The van der Waals surface area contributed by atoms with Crippen LogP contribution in [0, 0.1) is 0 Å². The maximum Gasteiger partial charge on any atom is 0.334 e. The van der Waals surface area contributed by atoms with E-state index < -0.39 is 23.9 Å². The molecule has 0 aliphatic carbocycles. The Kier molecular flexibility index (Phi) is 3.49. The smallest absolute Gasteiger partial charge is 0.334 e. The molecule has 22 heavy (non-hydrogen) atoms. The van der Waals surface area contributed by atoms with Gasteiger partial charge in [0.1, 0.15) is 6.54 Å². The minimum atomic E-state index is -0.881. The van der Waals surface area contributed by atoms with Crippen molar-refractivity contribution >= 4 is 29.2 Å². The van der Waals surface area contributed by atoms with E-state index in [1.54, 1.807) is 13.8 Å². The Morgan fingerprint density at radius 2 is 2.05 bits per heavy atom. The summed E-state index contributed by atoms with van der Waals surface area (Å²) in [5.74, 6) is -1.24. The van der Waals surface area contributed by atoms with Crippen LogP contribution in [0.4, 0.5) is 4.79 Å². The molecular weight excluding hydrogens is 308 g/mol. The second kappa shape index (κ2) is 5.34. The molecule has 1 aliphatic heterocycles. The van der Waals surface area contributed by atoms with Gasteiger partial charge in [-0.1, -0.05) is 5.16 Å². The average Bonchev–Trinajstić information content (AvgIpc) is 3.17. The Morgan fingerprint density at radius 3 is 2.64 bits per heavy atom. The molecule has 0 spiro atoms. The van der Waals surface area contributed by atoms with E-state index >= 15 is 0 Å². The van der Waals surface area contributed by atoms with Crippen LogP contribution >= 0.6 is 11.3 Å². The van der Waals surface area contributed by atoms with Crippen LogP contribution in [-0.4, -0.2) is 43.8 Å². The van der Waals surface area contributed by atoms with E-state index in [-0.39, 0.29) is 12.4 Å². The van der Waals surface area contributed by atoms with Crippen molar-refractivity contribution in [3.05, 3.63) is 22.7 Å². The van der Waals surface area contributed by atoms with Crippen LogP contribution in [0.1, 0.15) is 19.7 Å². The quantitative estimate of drug-likeness (QED) is 0.625. The zero-order valence-electron chi connectivity index (χ0n) is 11.8. The zero-order valence-corrected chi connectivity index (χ0v) is 12.7. The van der Waals surface area contributed by atoms with Crippen LogP contribution in [0.25, 0.3) is 11.4 Å². The molecule has 0 atom stereocenters. The van der Waals surface area contributed by atoms with Gasteiger partial charge in [-0.15, -0.1) is 0 Å². The molecule has 4 amide bonds. The summed E-state index contributed by atoms with van der Waals surface area (Å²) in [7, 11) is 0. The number of carbonyl (C=O) groups is 3. The van der Waals surface area contributed by atoms with Gasteiger partial charge < -0.3 is 4.52 Å². The Labute approximate surface area is 129 Å². The lowest BCUT2D eigenvalue weighted by atomic mass is 10.3. The molecule has 8 nitrogen and oxygen atoms in total. The summed E-state index contributed by atoms with van der Waals surface area (Å²) in [6.45, 7) is 3.10. The topological polar surface area (TPSA) is 96.6 Å². The van der Waals surface area contributed by atoms with Crippen LogP contribution < -0.4 is 0 Å². The van der Waals surface area contributed by atoms with Gasteiger partial charge in [0.05, 0.1) is 0 Å². The number of urea groups is 1. The lowest BCUT2D eigenvalue weighted by Gasteiger charge is -2.17. The summed E-state index contributed by atoms with van der Waals surface area (Å²) in [6.07, 6.45) is 0. The lowest BCUT2D eigenvalue weighted by Crippen LogP contribution is -2.37. The molecule has 1 saturated heterocycles. The van der Waals surface area contributed by atoms with E-state index in [0.717, 1.165) is 15.4 Å². The number of rotatable bonds is 4. The molecule has 3 rings (SSSR count). The Hall–Kier alpha value is -2.55. The highest BCUT2D eigenvalue weighted by Gasteiger charge is 2.46. The SMILES string of the molecule is CC(C)N1C(=O)C(=O)N(Cc2nc(-c3ccsc3)no2)C1=O. The monoisotopic (exact) mass is 320 g/mol. The molecule has 2 aromatic heterocycles. The standard InChI is InChI=1S/C13H12N4O4S/c1-7(2)17-12(19)11(18)16(13(17)20)5-9-14-10(15-21-9)8-3-4-22-6-8/h3-4,6-7H,5H2,1-2H3. The molecular formula is C13H12N4O4S. The van der Waals surface area contributed by atoms with Crippen molar-refractivity contribution in [3.8, 4) is 11.4 Å². The molecule has 1 fully saturated rings. The van der Waals surface area contributed by atoms with Gasteiger partial charge in [0.25, 0.3) is 0 Å². The number of aromatic nitrogens is 2. The van der Waals surface area contributed by atoms with E-state index in [2.05, 4.69) is 10.1 Å². The van der Waals surface area contributed by atoms with Crippen LogP contribution in [0.2, 0.25) is 0 Å². The third-order valence-electron chi connectivity index (χ3n) is 3.14. The normalized spacial score (nSPS) is 15.5. The van der Waals surface area contributed by atoms with E-state index in [0.29, 0.717) is 5.82 Å². The van der Waals surface area contributed by atoms with E-state index in [9.17, 15) is 14.4 Å². The van der Waals surface area contributed by atoms with Gasteiger partial charge >= 0.3 is 17.8 Å². The first-order valence-electron chi connectivity index (χ1n) is 6.53. The number of imide groups is 2. The number of nitrogens with zero attached hydrogens (tertiary/aromatic N) is 4. The van der Waals surface area contributed by atoms with Crippen molar-refractivity contribution in [2.45, 2.75) is 26.4 Å². The first kappa shape index (κ1) is 14.4. The summed E-state index contributed by atoms with van der Waals surface area (Å²) in [5.41, 5.74) is 0.791. The lowest BCUT2D eigenvalue weighted by molar-refractivity contribution is -0.144. The highest BCUT2D eigenvalue weighted by molar-refractivity contribution is 7.08. The zero-order chi connectivity index (χ0) is 15.9. The van der Waals surface area contributed by atoms with Crippen molar-refractivity contribution in [1.82, 2.24) is 19.9 Å². The minimum absolute atomic E-state index is 0.0984. The van der Waals surface area contributed by atoms with Gasteiger partial charge in [-0.3, -0.25) is 14.5 Å². The molecule has 1 aliphatic rings. The van der Waals surface area contributed by atoms with E-state index in [1.165, 1.54) is 11.3 Å². The van der Waals surface area contributed by atoms with Crippen LogP contribution in [-0.2, 0) is 16.1 Å². The van der Waals surface area contributed by atoms with Crippen molar-refractivity contribution in [2.24, 2.45) is 0 Å². The van der Waals surface area contributed by atoms with Gasteiger partial charge in [-0.25, -0.2) is 9.69 Å². The number of thiophene rings is 1. The summed E-state index contributed by atoms with van der Waals surface area (Å²) in [6, 6.07) is 0.772. The predicted molar refractivity (Wildman–Crippen MR) is 75.5 cm³/mol. The highest BCUT2D eigenvalue weighted by atomic mass is 32.1. The predicted octanol–water partition coefficient (Wildman–Crippen LogP) is 1.50. The first-order valence-corrected chi connectivity index (χ1v) is 7.47. The summed E-state index contributed by atoms with van der Waals surface area (Å²) >= 11 is 1.49. The highest BCUT2D eigenvalue weighted by Crippen LogP contribution is 2.21. The number of amides is 4. The summed E-state index contributed by atoms with van der Waals surface area (Å²) in [5, 5.41) is 7.52. The maximum atomic E-state index is 12.1. The largest absolute Gasteiger partial charge is 0.337 e. The summed E-state index contributed by atoms with van der Waals surface area (Å²) in [4.78, 5) is 41.7. The summed E-state index contributed by atoms with van der Waals surface area (Å²) < 4.78 is 5.05. The van der Waals surface area contributed by atoms with Gasteiger partial charge in [0.15, 0.2) is 0 Å². The molecule has 0 aromatic carbocycles. The van der Waals surface area contributed by atoms with Crippen molar-refractivity contribution in [1.29, 1.82) is 0 Å². The third-order valence-corrected chi connectivity index (χ3v) is 3.82. The molecule has 0 unspecified atom stereocenters. The molecule has 0 radical (unpaired) electrons. The third kappa shape index (κ3) is 2.29. The van der Waals surface area contributed by atoms with Gasteiger partial charge in [-0.2, -0.15) is 16.3 Å². The van der Waals surface area contributed by atoms with Gasteiger partial charge in [0, 0.05) is 17.0 Å². The van der Waals surface area contributed by atoms with Crippen LogP contribution in [0.15, 0.2) is 21.3 Å². The Bertz CT molecular complexity index is 737. The second-order valence-electron chi connectivity index (χ2n) is 4.97. The first-order chi connectivity index (χ1) is 10.5. The van der Waals surface area contributed by atoms with Crippen LogP contribution in [0.5, 0.6) is 0 Å². The average molecular weight is 320 g/mol. The number of hydrogen-bond donors (Lipinski definition) is 0. The Balaban J connectivity index is 1.80. The minimum Gasteiger partial charge on any atom is -0.337 e. The van der Waals surface area contributed by atoms with Crippen LogP contribution in [0.3, 0.4) is 0 Å². The second-order valence-corrected chi connectivity index (χ2v) is 5.75.